The van der Waals surface area contributed by atoms with Crippen molar-refractivity contribution < 1.29 is 4.74 Å². The quantitative estimate of drug-likeness (QED) is 0.567. The molecule has 0 aromatic carbocycles. The summed E-state index contributed by atoms with van der Waals surface area (Å²) in [6.45, 7) is 1.93. The van der Waals surface area contributed by atoms with Crippen LogP contribution in [0.2, 0.25) is 0 Å². The number of methoxy groups -OCH3 is 1. The van der Waals surface area contributed by atoms with Crippen molar-refractivity contribution >= 4 is 11.6 Å². The Morgan fingerprint density at radius 2 is 2.35 bits per heavy atom. The van der Waals surface area contributed by atoms with E-state index in [-0.39, 0.29) is 6.04 Å². The summed E-state index contributed by atoms with van der Waals surface area (Å²) in [6.07, 6.45) is 1.79. The van der Waals surface area contributed by atoms with Gasteiger partial charge in [0.2, 0.25) is 5.75 Å². The zero-order chi connectivity index (χ0) is 12.8. The Morgan fingerprint density at radius 3 is 2.88 bits per heavy atom. The number of aromatic nitrogens is 2. The number of nitriles is 1. The second-order valence-electron chi connectivity index (χ2n) is 3.55. The Hall–Kier alpha value is -2.07. The summed E-state index contributed by atoms with van der Waals surface area (Å²) >= 11 is 0. The third-order valence-electron chi connectivity index (χ3n) is 2.51. The van der Waals surface area contributed by atoms with Crippen LogP contribution in [0.4, 0.5) is 11.6 Å². The number of nitrogens with one attached hydrogen (secondary N) is 1. The molecule has 1 aromatic rings. The summed E-state index contributed by atoms with van der Waals surface area (Å²) in [5.41, 5.74) is 2.44. The SMILES string of the molecule is COc1c(NN)ncnc1N(C)C(C)CC#N. The van der Waals surface area contributed by atoms with Gasteiger partial charge in [-0.3, -0.25) is 0 Å². The van der Waals surface area contributed by atoms with Crippen molar-refractivity contribution in [2.75, 3.05) is 24.5 Å². The van der Waals surface area contributed by atoms with Crippen LogP contribution in [0.3, 0.4) is 0 Å². The summed E-state index contributed by atoms with van der Waals surface area (Å²) in [6, 6.07) is 2.14. The largest absolute Gasteiger partial charge is 0.490 e. The summed E-state index contributed by atoms with van der Waals surface area (Å²) < 4.78 is 5.22. The van der Waals surface area contributed by atoms with E-state index in [2.05, 4.69) is 21.5 Å². The first-order valence-electron chi connectivity index (χ1n) is 5.11. The van der Waals surface area contributed by atoms with E-state index in [1.807, 2.05) is 18.9 Å². The van der Waals surface area contributed by atoms with Crippen molar-refractivity contribution in [1.82, 2.24) is 9.97 Å². The molecule has 1 aromatic heterocycles. The van der Waals surface area contributed by atoms with Crippen LogP contribution in [0.25, 0.3) is 0 Å². The fourth-order valence-corrected chi connectivity index (χ4v) is 1.38. The predicted octanol–water partition coefficient (Wildman–Crippen LogP) is 0.509. The molecule has 0 amide bonds. The molecule has 0 saturated carbocycles. The Morgan fingerprint density at radius 1 is 1.65 bits per heavy atom. The third-order valence-corrected chi connectivity index (χ3v) is 2.51. The Labute approximate surface area is 100 Å². The average molecular weight is 236 g/mol. The number of ether oxygens (including phenoxy) is 1. The van der Waals surface area contributed by atoms with Crippen LogP contribution in [0.15, 0.2) is 6.33 Å². The van der Waals surface area contributed by atoms with E-state index in [4.69, 9.17) is 15.8 Å². The first-order chi connectivity index (χ1) is 8.15. The molecule has 3 N–H and O–H groups in total. The number of hydrogen-bond acceptors (Lipinski definition) is 7. The van der Waals surface area contributed by atoms with Crippen LogP contribution >= 0.6 is 0 Å². The van der Waals surface area contributed by atoms with E-state index >= 15 is 0 Å². The second kappa shape index (κ2) is 5.86. The van der Waals surface area contributed by atoms with Gasteiger partial charge in [-0.2, -0.15) is 5.26 Å². The summed E-state index contributed by atoms with van der Waals surface area (Å²) in [5.74, 6) is 6.81. The van der Waals surface area contributed by atoms with Gasteiger partial charge in [-0.15, -0.1) is 0 Å². The van der Waals surface area contributed by atoms with Gasteiger partial charge in [-0.1, -0.05) is 0 Å². The minimum Gasteiger partial charge on any atom is -0.490 e. The monoisotopic (exact) mass is 236 g/mol. The fourth-order valence-electron chi connectivity index (χ4n) is 1.38. The van der Waals surface area contributed by atoms with Crippen LogP contribution in [0, 0.1) is 11.3 Å². The second-order valence-corrected chi connectivity index (χ2v) is 3.55. The van der Waals surface area contributed by atoms with Gasteiger partial charge >= 0.3 is 0 Å². The molecule has 0 fully saturated rings. The molecule has 1 atom stereocenters. The van der Waals surface area contributed by atoms with Crippen molar-refractivity contribution in [1.29, 1.82) is 5.26 Å². The maximum atomic E-state index is 8.69. The minimum absolute atomic E-state index is 0.0226. The van der Waals surface area contributed by atoms with Gasteiger partial charge < -0.3 is 15.1 Å². The molecule has 0 spiro atoms. The van der Waals surface area contributed by atoms with Crippen LogP contribution in [-0.2, 0) is 0 Å². The lowest BCUT2D eigenvalue weighted by molar-refractivity contribution is 0.411. The smallest absolute Gasteiger partial charge is 0.205 e. The molecule has 0 saturated heterocycles. The van der Waals surface area contributed by atoms with E-state index in [1.54, 1.807) is 0 Å². The van der Waals surface area contributed by atoms with Crippen molar-refractivity contribution in [3.8, 4) is 11.8 Å². The normalized spacial score (nSPS) is 11.5. The van der Waals surface area contributed by atoms with Crippen LogP contribution < -0.4 is 20.9 Å². The maximum Gasteiger partial charge on any atom is 0.205 e. The van der Waals surface area contributed by atoms with E-state index in [1.165, 1.54) is 13.4 Å². The first kappa shape index (κ1) is 13.0. The molecular weight excluding hydrogens is 220 g/mol. The lowest BCUT2D eigenvalue weighted by Crippen LogP contribution is -2.30. The van der Waals surface area contributed by atoms with Gasteiger partial charge in [0, 0.05) is 13.1 Å². The van der Waals surface area contributed by atoms with Gasteiger partial charge in [0.05, 0.1) is 19.6 Å². The predicted molar refractivity (Wildman–Crippen MR) is 64.5 cm³/mol. The number of nitrogens with two attached hydrogens (primary N) is 1. The Bertz CT molecular complexity index is 416. The standard InChI is InChI=1S/C10H16N6O/c1-7(4-5-11)16(2)10-8(17-3)9(15-12)13-6-14-10/h6-7H,4,12H2,1-3H3,(H,13,14,15). The molecule has 7 heteroatoms. The Balaban J connectivity index is 3.09. The molecule has 1 unspecified atom stereocenters. The fraction of sp³-hybridized carbons (Fsp3) is 0.500. The van der Waals surface area contributed by atoms with Crippen molar-refractivity contribution in [3.05, 3.63) is 6.33 Å². The van der Waals surface area contributed by atoms with Crippen LogP contribution in [0.5, 0.6) is 5.75 Å². The number of rotatable bonds is 5. The minimum atomic E-state index is 0.0226. The van der Waals surface area contributed by atoms with Crippen LogP contribution in [0.1, 0.15) is 13.3 Å². The lowest BCUT2D eigenvalue weighted by atomic mass is 10.2. The van der Waals surface area contributed by atoms with Gasteiger partial charge in [-0.25, -0.2) is 15.8 Å². The van der Waals surface area contributed by atoms with E-state index < -0.39 is 0 Å². The molecule has 17 heavy (non-hydrogen) atoms. The highest BCUT2D eigenvalue weighted by atomic mass is 16.5. The molecule has 1 heterocycles. The number of nitrogens with zero attached hydrogens (tertiary/aromatic N) is 4. The molecule has 92 valence electrons. The Kier molecular flexibility index (Phi) is 4.48. The zero-order valence-corrected chi connectivity index (χ0v) is 10.1. The van der Waals surface area contributed by atoms with Gasteiger partial charge in [0.25, 0.3) is 0 Å². The molecule has 0 aliphatic heterocycles. The lowest BCUT2D eigenvalue weighted by Gasteiger charge is -2.25. The number of hydrazine groups is 1. The highest BCUT2D eigenvalue weighted by Crippen LogP contribution is 2.31. The van der Waals surface area contributed by atoms with Gasteiger partial charge in [0.15, 0.2) is 11.6 Å². The maximum absolute atomic E-state index is 8.69. The molecule has 0 radical (unpaired) electrons. The zero-order valence-electron chi connectivity index (χ0n) is 10.1. The first-order valence-corrected chi connectivity index (χ1v) is 5.11. The summed E-state index contributed by atoms with van der Waals surface area (Å²) in [7, 11) is 3.36. The number of hydrogen-bond donors (Lipinski definition) is 2. The molecule has 0 aliphatic carbocycles. The van der Waals surface area contributed by atoms with Gasteiger partial charge in [0.1, 0.15) is 6.33 Å². The van der Waals surface area contributed by atoms with E-state index in [0.717, 1.165) is 0 Å². The summed E-state index contributed by atoms with van der Waals surface area (Å²) in [4.78, 5) is 9.95. The van der Waals surface area contributed by atoms with E-state index in [9.17, 15) is 0 Å². The van der Waals surface area contributed by atoms with Crippen molar-refractivity contribution in [2.24, 2.45) is 5.84 Å². The molecular formula is C10H16N6O. The molecule has 0 bridgehead atoms. The molecule has 7 nitrogen and oxygen atoms in total. The highest BCUT2D eigenvalue weighted by molar-refractivity contribution is 5.64. The van der Waals surface area contributed by atoms with Crippen molar-refractivity contribution in [2.45, 2.75) is 19.4 Å². The van der Waals surface area contributed by atoms with E-state index in [0.29, 0.717) is 23.8 Å². The van der Waals surface area contributed by atoms with Crippen molar-refractivity contribution in [3.63, 3.8) is 0 Å². The highest BCUT2D eigenvalue weighted by Gasteiger charge is 2.18. The molecule has 0 aliphatic rings. The van der Waals surface area contributed by atoms with Gasteiger partial charge in [-0.05, 0) is 6.92 Å². The van der Waals surface area contributed by atoms with Crippen LogP contribution in [-0.4, -0.2) is 30.2 Å². The molecule has 1 rings (SSSR count). The topological polar surface area (TPSA) is 100 Å². The average Bonchev–Trinajstić information content (AvgIpc) is 2.36. The summed E-state index contributed by atoms with van der Waals surface area (Å²) in [5, 5.41) is 8.69. The third kappa shape index (κ3) is 2.73. The number of anilines is 2. The number of nitrogen functional groups attached to an aromatic ring is 1.